The third-order valence-corrected chi connectivity index (χ3v) is 5.07. The predicted octanol–water partition coefficient (Wildman–Crippen LogP) is 3.75. The van der Waals surface area contributed by atoms with E-state index in [1.807, 2.05) is 18.7 Å². The van der Waals surface area contributed by atoms with Crippen molar-refractivity contribution in [2.45, 2.75) is 49.9 Å². The molecule has 3 atom stereocenters. The van der Waals surface area contributed by atoms with Gasteiger partial charge in [-0.25, -0.2) is 0 Å². The second-order valence-corrected chi connectivity index (χ2v) is 6.78. The first-order valence-corrected chi connectivity index (χ1v) is 7.38. The molecule has 17 heavy (non-hydrogen) atoms. The number of hydrogen-bond acceptors (Lipinski definition) is 2. The van der Waals surface area contributed by atoms with E-state index in [0.29, 0.717) is 17.1 Å². The number of aliphatic hydroxyl groups is 1. The zero-order chi connectivity index (χ0) is 12.4. The predicted molar refractivity (Wildman–Crippen MR) is 74.4 cm³/mol. The Hall–Kier alpha value is -0.470. The molecule has 1 aromatic carbocycles. The quantitative estimate of drug-likeness (QED) is 0.878. The van der Waals surface area contributed by atoms with Crippen molar-refractivity contribution >= 4 is 11.8 Å². The first-order chi connectivity index (χ1) is 8.08. The first kappa shape index (κ1) is 13.0. The number of thioether (sulfide) groups is 1. The Labute approximate surface area is 109 Å². The SMILES string of the molecule is CC(C)C(CC1Cc2ccccc2S1)C(C)O. The highest BCUT2D eigenvalue weighted by molar-refractivity contribution is 8.00. The maximum atomic E-state index is 9.85. The Kier molecular flexibility index (Phi) is 4.16. The highest BCUT2D eigenvalue weighted by atomic mass is 32.2. The third kappa shape index (κ3) is 3.05. The van der Waals surface area contributed by atoms with E-state index in [-0.39, 0.29) is 6.10 Å². The summed E-state index contributed by atoms with van der Waals surface area (Å²) in [7, 11) is 0. The summed E-state index contributed by atoms with van der Waals surface area (Å²) in [6, 6.07) is 8.68. The summed E-state index contributed by atoms with van der Waals surface area (Å²) >= 11 is 1.99. The van der Waals surface area contributed by atoms with E-state index in [9.17, 15) is 5.11 Å². The molecular weight excluding hydrogens is 228 g/mol. The van der Waals surface area contributed by atoms with Gasteiger partial charge in [-0.05, 0) is 43.2 Å². The van der Waals surface area contributed by atoms with Crippen LogP contribution in [-0.2, 0) is 6.42 Å². The summed E-state index contributed by atoms with van der Waals surface area (Å²) in [5, 5.41) is 10.5. The van der Waals surface area contributed by atoms with Crippen LogP contribution < -0.4 is 0 Å². The highest BCUT2D eigenvalue weighted by Gasteiger charge is 2.28. The van der Waals surface area contributed by atoms with Crippen LogP contribution in [0.3, 0.4) is 0 Å². The molecule has 1 N–H and O–H groups in total. The highest BCUT2D eigenvalue weighted by Crippen LogP contribution is 2.40. The molecule has 1 aliphatic rings. The van der Waals surface area contributed by atoms with Crippen LogP contribution in [0.1, 0.15) is 32.8 Å². The van der Waals surface area contributed by atoms with Crippen LogP contribution in [-0.4, -0.2) is 16.5 Å². The Balaban J connectivity index is 1.99. The molecule has 0 fully saturated rings. The van der Waals surface area contributed by atoms with Crippen LogP contribution in [0.4, 0.5) is 0 Å². The van der Waals surface area contributed by atoms with Crippen LogP contribution in [0.5, 0.6) is 0 Å². The summed E-state index contributed by atoms with van der Waals surface area (Å²) in [5.41, 5.74) is 1.48. The van der Waals surface area contributed by atoms with Gasteiger partial charge in [0.05, 0.1) is 6.10 Å². The van der Waals surface area contributed by atoms with Gasteiger partial charge in [0.15, 0.2) is 0 Å². The molecule has 3 unspecified atom stereocenters. The molecular formula is C15H22OS. The fourth-order valence-corrected chi connectivity index (χ4v) is 4.12. The molecule has 0 saturated carbocycles. The molecule has 0 radical (unpaired) electrons. The summed E-state index contributed by atoms with van der Waals surface area (Å²) in [4.78, 5) is 1.44. The normalized spacial score (nSPS) is 22.5. The molecule has 0 aliphatic carbocycles. The molecule has 0 saturated heterocycles. The minimum Gasteiger partial charge on any atom is -0.393 e. The Bertz CT molecular complexity index is 340. The monoisotopic (exact) mass is 250 g/mol. The Morgan fingerprint density at radius 1 is 1.29 bits per heavy atom. The van der Waals surface area contributed by atoms with Gasteiger partial charge in [0.2, 0.25) is 0 Å². The number of aliphatic hydroxyl groups excluding tert-OH is 1. The van der Waals surface area contributed by atoms with Crippen molar-refractivity contribution in [2.75, 3.05) is 0 Å². The zero-order valence-corrected chi connectivity index (χ0v) is 11.7. The van der Waals surface area contributed by atoms with Gasteiger partial charge < -0.3 is 5.11 Å². The summed E-state index contributed by atoms with van der Waals surface area (Å²) in [6.07, 6.45) is 2.09. The lowest BCUT2D eigenvalue weighted by Crippen LogP contribution is -2.25. The molecule has 0 aromatic heterocycles. The molecule has 1 nitrogen and oxygen atoms in total. The molecule has 94 valence electrons. The van der Waals surface area contributed by atoms with Crippen molar-refractivity contribution < 1.29 is 5.11 Å². The Morgan fingerprint density at radius 2 is 2.00 bits per heavy atom. The molecule has 0 amide bonds. The summed E-state index contributed by atoms with van der Waals surface area (Å²) in [5.74, 6) is 0.973. The number of fused-ring (bicyclic) bond motifs is 1. The minimum atomic E-state index is -0.195. The summed E-state index contributed by atoms with van der Waals surface area (Å²) in [6.45, 7) is 6.35. The zero-order valence-electron chi connectivity index (χ0n) is 10.9. The van der Waals surface area contributed by atoms with Crippen molar-refractivity contribution in [3.63, 3.8) is 0 Å². The maximum absolute atomic E-state index is 9.85. The molecule has 0 bridgehead atoms. The second kappa shape index (κ2) is 5.45. The van der Waals surface area contributed by atoms with E-state index in [4.69, 9.17) is 0 Å². The molecule has 1 heterocycles. The van der Waals surface area contributed by atoms with E-state index in [1.165, 1.54) is 10.5 Å². The van der Waals surface area contributed by atoms with Crippen molar-refractivity contribution in [2.24, 2.45) is 11.8 Å². The fraction of sp³-hybridized carbons (Fsp3) is 0.600. The molecule has 1 aromatic rings. The van der Waals surface area contributed by atoms with Crippen LogP contribution >= 0.6 is 11.8 Å². The van der Waals surface area contributed by atoms with Crippen molar-refractivity contribution in [3.8, 4) is 0 Å². The molecule has 2 heteroatoms. The van der Waals surface area contributed by atoms with Gasteiger partial charge in [-0.15, -0.1) is 11.8 Å². The average Bonchev–Trinajstić information content (AvgIpc) is 2.67. The smallest absolute Gasteiger partial charge is 0.0543 e. The van der Waals surface area contributed by atoms with E-state index in [1.54, 1.807) is 0 Å². The van der Waals surface area contributed by atoms with Gasteiger partial charge in [0, 0.05) is 10.1 Å². The van der Waals surface area contributed by atoms with Gasteiger partial charge in [0.1, 0.15) is 0 Å². The standard InChI is InChI=1S/C15H22OS/c1-10(2)14(11(3)16)9-13-8-12-6-4-5-7-15(12)17-13/h4-7,10-11,13-14,16H,8-9H2,1-3H3. The van der Waals surface area contributed by atoms with Crippen LogP contribution in [0, 0.1) is 11.8 Å². The minimum absolute atomic E-state index is 0.195. The van der Waals surface area contributed by atoms with Gasteiger partial charge in [-0.1, -0.05) is 32.0 Å². The average molecular weight is 250 g/mol. The molecule has 1 aliphatic heterocycles. The van der Waals surface area contributed by atoms with Crippen LogP contribution in [0.2, 0.25) is 0 Å². The Morgan fingerprint density at radius 3 is 2.59 bits per heavy atom. The van der Waals surface area contributed by atoms with Gasteiger partial charge >= 0.3 is 0 Å². The van der Waals surface area contributed by atoms with Gasteiger partial charge in [-0.3, -0.25) is 0 Å². The number of benzene rings is 1. The lowest BCUT2D eigenvalue weighted by atomic mass is 9.86. The van der Waals surface area contributed by atoms with Crippen LogP contribution in [0.25, 0.3) is 0 Å². The lowest BCUT2D eigenvalue weighted by molar-refractivity contribution is 0.0917. The maximum Gasteiger partial charge on any atom is 0.0543 e. The van der Waals surface area contributed by atoms with Crippen LogP contribution in [0.15, 0.2) is 29.2 Å². The molecule has 2 rings (SSSR count). The van der Waals surface area contributed by atoms with E-state index in [0.717, 1.165) is 12.8 Å². The van der Waals surface area contributed by atoms with E-state index in [2.05, 4.69) is 38.1 Å². The topological polar surface area (TPSA) is 20.2 Å². The first-order valence-electron chi connectivity index (χ1n) is 6.50. The number of hydrogen-bond donors (Lipinski definition) is 1. The third-order valence-electron chi connectivity index (χ3n) is 3.72. The van der Waals surface area contributed by atoms with Crippen molar-refractivity contribution in [1.82, 2.24) is 0 Å². The lowest BCUT2D eigenvalue weighted by Gasteiger charge is -2.26. The summed E-state index contributed by atoms with van der Waals surface area (Å²) < 4.78 is 0. The van der Waals surface area contributed by atoms with E-state index >= 15 is 0 Å². The van der Waals surface area contributed by atoms with Gasteiger partial charge in [-0.2, -0.15) is 0 Å². The molecule has 0 spiro atoms. The van der Waals surface area contributed by atoms with Gasteiger partial charge in [0.25, 0.3) is 0 Å². The fourth-order valence-electron chi connectivity index (χ4n) is 2.72. The van der Waals surface area contributed by atoms with E-state index < -0.39 is 0 Å². The number of rotatable bonds is 4. The second-order valence-electron chi connectivity index (χ2n) is 5.44. The largest absolute Gasteiger partial charge is 0.393 e. The van der Waals surface area contributed by atoms with Crippen molar-refractivity contribution in [1.29, 1.82) is 0 Å². The van der Waals surface area contributed by atoms with Crippen molar-refractivity contribution in [3.05, 3.63) is 29.8 Å².